The number of nitrogens with one attached hydrogen (secondary N) is 1. The van der Waals surface area contributed by atoms with E-state index in [1.54, 1.807) is 29.8 Å². The number of thiazole rings is 2. The van der Waals surface area contributed by atoms with Crippen LogP contribution in [0.15, 0.2) is 36.4 Å². The van der Waals surface area contributed by atoms with E-state index in [4.69, 9.17) is 4.74 Å². The molecule has 0 fully saturated rings. The highest BCUT2D eigenvalue weighted by Gasteiger charge is 2.11. The van der Waals surface area contributed by atoms with Gasteiger partial charge in [-0.05, 0) is 30.7 Å². The maximum atomic E-state index is 5.36. The largest absolute Gasteiger partial charge is 0.494 e. The van der Waals surface area contributed by atoms with Gasteiger partial charge in [0.25, 0.3) is 0 Å². The van der Waals surface area contributed by atoms with Crippen molar-refractivity contribution < 1.29 is 4.74 Å². The third kappa shape index (κ3) is 2.20. The molecule has 2 heterocycles. The number of rotatable bonds is 3. The molecule has 4 aromatic rings. The summed E-state index contributed by atoms with van der Waals surface area (Å²) in [6, 6.07) is 12.2. The topological polar surface area (TPSA) is 47.0 Å². The fraction of sp³-hybridized carbons (Fsp3) is 0.125. The van der Waals surface area contributed by atoms with Crippen LogP contribution >= 0.6 is 22.7 Å². The number of benzene rings is 2. The summed E-state index contributed by atoms with van der Waals surface area (Å²) in [5.74, 6) is 0.793. The third-order valence-electron chi connectivity index (χ3n) is 3.44. The monoisotopic (exact) mass is 327 g/mol. The zero-order chi connectivity index (χ0) is 15.1. The molecule has 2 aromatic carbocycles. The van der Waals surface area contributed by atoms with E-state index >= 15 is 0 Å². The van der Waals surface area contributed by atoms with Gasteiger partial charge in [-0.1, -0.05) is 40.9 Å². The summed E-state index contributed by atoms with van der Waals surface area (Å²) >= 11 is 3.24. The van der Waals surface area contributed by atoms with Crippen molar-refractivity contribution in [1.29, 1.82) is 0 Å². The molecule has 0 saturated heterocycles. The van der Waals surface area contributed by atoms with Crippen molar-refractivity contribution in [3.63, 3.8) is 0 Å². The van der Waals surface area contributed by atoms with Crippen LogP contribution in [0.25, 0.3) is 20.4 Å². The Bertz CT molecular complexity index is 974. The molecule has 1 N–H and O–H groups in total. The number of methoxy groups -OCH3 is 1. The quantitative estimate of drug-likeness (QED) is 0.577. The predicted octanol–water partition coefficient (Wildman–Crippen LogP) is 4.97. The first-order chi connectivity index (χ1) is 10.7. The van der Waals surface area contributed by atoms with Gasteiger partial charge in [-0.3, -0.25) is 0 Å². The molecule has 0 amide bonds. The minimum Gasteiger partial charge on any atom is -0.494 e. The molecule has 0 spiro atoms. The lowest BCUT2D eigenvalue weighted by Gasteiger charge is -1.98. The Kier molecular flexibility index (Phi) is 3.20. The van der Waals surface area contributed by atoms with E-state index in [0.717, 1.165) is 31.7 Å². The highest BCUT2D eigenvalue weighted by molar-refractivity contribution is 7.24. The van der Waals surface area contributed by atoms with Crippen LogP contribution in [0.2, 0.25) is 0 Å². The van der Waals surface area contributed by atoms with Gasteiger partial charge in [0.15, 0.2) is 10.3 Å². The number of para-hydroxylation sites is 2. The Morgan fingerprint density at radius 3 is 2.23 bits per heavy atom. The Labute approximate surface area is 135 Å². The second-order valence-electron chi connectivity index (χ2n) is 4.89. The number of nitrogens with zero attached hydrogens (tertiary/aromatic N) is 2. The molecule has 6 heteroatoms. The number of ether oxygens (including phenoxy) is 1. The number of hydrogen-bond acceptors (Lipinski definition) is 6. The summed E-state index contributed by atoms with van der Waals surface area (Å²) in [7, 11) is 1.66. The number of hydrogen-bond donors (Lipinski definition) is 1. The summed E-state index contributed by atoms with van der Waals surface area (Å²) in [6.07, 6.45) is 0. The maximum Gasteiger partial charge on any atom is 0.190 e. The van der Waals surface area contributed by atoms with E-state index in [1.165, 1.54) is 10.3 Å². The van der Waals surface area contributed by atoms with Crippen LogP contribution in [0.5, 0.6) is 5.75 Å². The van der Waals surface area contributed by atoms with Crippen molar-refractivity contribution in [1.82, 2.24) is 9.97 Å². The minimum atomic E-state index is 0.793. The van der Waals surface area contributed by atoms with E-state index in [0.29, 0.717) is 0 Å². The molecule has 110 valence electrons. The molecule has 0 aliphatic rings. The lowest BCUT2D eigenvalue weighted by Crippen LogP contribution is -1.88. The van der Waals surface area contributed by atoms with E-state index in [-0.39, 0.29) is 0 Å². The van der Waals surface area contributed by atoms with E-state index in [9.17, 15) is 0 Å². The summed E-state index contributed by atoms with van der Waals surface area (Å²) < 4.78 is 7.64. The first-order valence-corrected chi connectivity index (χ1v) is 8.44. The number of aryl methyl sites for hydroxylation is 1. The van der Waals surface area contributed by atoms with Crippen LogP contribution in [0, 0.1) is 6.92 Å². The molecule has 0 atom stereocenters. The fourth-order valence-electron chi connectivity index (χ4n) is 2.37. The zero-order valence-corrected chi connectivity index (χ0v) is 13.7. The Morgan fingerprint density at radius 1 is 0.909 bits per heavy atom. The third-order valence-corrected chi connectivity index (χ3v) is 5.31. The van der Waals surface area contributed by atoms with Gasteiger partial charge in [-0.2, -0.15) is 0 Å². The van der Waals surface area contributed by atoms with Crippen LogP contribution in [0.4, 0.5) is 10.3 Å². The van der Waals surface area contributed by atoms with Crippen molar-refractivity contribution in [3.8, 4) is 5.75 Å². The van der Waals surface area contributed by atoms with Crippen molar-refractivity contribution in [3.05, 3.63) is 42.0 Å². The SMILES string of the molecule is COc1cccc2sc(Nc3nc4c(C)cccc4s3)nc12. The first kappa shape index (κ1) is 13.5. The Hall–Kier alpha value is -2.18. The van der Waals surface area contributed by atoms with Gasteiger partial charge < -0.3 is 10.1 Å². The van der Waals surface area contributed by atoms with Gasteiger partial charge in [0.05, 0.1) is 22.0 Å². The lowest BCUT2D eigenvalue weighted by atomic mass is 10.2. The molecular weight excluding hydrogens is 314 g/mol. The molecule has 2 aromatic heterocycles. The van der Waals surface area contributed by atoms with Crippen LogP contribution in [-0.4, -0.2) is 17.1 Å². The van der Waals surface area contributed by atoms with E-state index in [1.807, 2.05) is 18.2 Å². The highest BCUT2D eigenvalue weighted by Crippen LogP contribution is 2.35. The smallest absolute Gasteiger partial charge is 0.190 e. The summed E-state index contributed by atoms with van der Waals surface area (Å²) in [5, 5.41) is 5.01. The summed E-state index contributed by atoms with van der Waals surface area (Å²) in [6.45, 7) is 2.08. The number of anilines is 2. The predicted molar refractivity (Wildman–Crippen MR) is 93.8 cm³/mol. The number of fused-ring (bicyclic) bond motifs is 2. The van der Waals surface area contributed by atoms with Gasteiger partial charge in [-0.25, -0.2) is 9.97 Å². The van der Waals surface area contributed by atoms with Crippen molar-refractivity contribution in [2.24, 2.45) is 0 Å². The molecule has 4 nitrogen and oxygen atoms in total. The average molecular weight is 327 g/mol. The summed E-state index contributed by atoms with van der Waals surface area (Å²) in [4.78, 5) is 9.28. The Morgan fingerprint density at radius 2 is 1.55 bits per heavy atom. The normalized spacial score (nSPS) is 11.2. The Balaban J connectivity index is 1.74. The number of aromatic nitrogens is 2. The van der Waals surface area contributed by atoms with Gasteiger partial charge in [-0.15, -0.1) is 0 Å². The van der Waals surface area contributed by atoms with E-state index < -0.39 is 0 Å². The fourth-order valence-corrected chi connectivity index (χ4v) is 4.26. The highest BCUT2D eigenvalue weighted by atomic mass is 32.1. The van der Waals surface area contributed by atoms with Crippen LogP contribution in [0.3, 0.4) is 0 Å². The van der Waals surface area contributed by atoms with E-state index in [2.05, 4.69) is 40.4 Å². The summed E-state index contributed by atoms with van der Waals surface area (Å²) in [5.41, 5.74) is 3.12. The second kappa shape index (κ2) is 5.23. The van der Waals surface area contributed by atoms with Crippen molar-refractivity contribution in [2.75, 3.05) is 12.4 Å². The maximum absolute atomic E-state index is 5.36. The lowest BCUT2D eigenvalue weighted by molar-refractivity contribution is 0.419. The first-order valence-electron chi connectivity index (χ1n) is 6.81. The second-order valence-corrected chi connectivity index (χ2v) is 6.95. The van der Waals surface area contributed by atoms with Gasteiger partial charge in [0.1, 0.15) is 11.3 Å². The molecule has 0 aliphatic heterocycles. The average Bonchev–Trinajstić information content (AvgIpc) is 3.10. The minimum absolute atomic E-state index is 0.793. The van der Waals surface area contributed by atoms with Gasteiger partial charge >= 0.3 is 0 Å². The van der Waals surface area contributed by atoms with Gasteiger partial charge in [0, 0.05) is 0 Å². The molecule has 0 radical (unpaired) electrons. The molecule has 4 rings (SSSR count). The molecule has 0 unspecified atom stereocenters. The van der Waals surface area contributed by atoms with Crippen LogP contribution < -0.4 is 10.1 Å². The van der Waals surface area contributed by atoms with Crippen molar-refractivity contribution >= 4 is 53.4 Å². The molecular formula is C16H13N3OS2. The van der Waals surface area contributed by atoms with Crippen molar-refractivity contribution in [2.45, 2.75) is 6.92 Å². The molecule has 0 bridgehead atoms. The standard InChI is InChI=1S/C16H13N3OS2/c1-9-5-3-7-11-13(9)17-15(21-11)19-16-18-14-10(20-2)6-4-8-12(14)22-16/h3-8H,1-2H3,(H,17,18,19). The van der Waals surface area contributed by atoms with Crippen LogP contribution in [0.1, 0.15) is 5.56 Å². The molecule has 22 heavy (non-hydrogen) atoms. The van der Waals surface area contributed by atoms with Gasteiger partial charge in [0.2, 0.25) is 0 Å². The molecule has 0 aliphatic carbocycles. The van der Waals surface area contributed by atoms with Crippen LogP contribution in [-0.2, 0) is 0 Å². The molecule has 0 saturated carbocycles. The zero-order valence-electron chi connectivity index (χ0n) is 12.1.